The Morgan fingerprint density at radius 1 is 1.47 bits per heavy atom. The van der Waals surface area contributed by atoms with Crippen LogP contribution in [0.25, 0.3) is 0 Å². The van der Waals surface area contributed by atoms with Crippen LogP contribution in [0.15, 0.2) is 24.5 Å². The van der Waals surface area contributed by atoms with Crippen LogP contribution in [-0.2, 0) is 16.4 Å². The van der Waals surface area contributed by atoms with Crippen LogP contribution >= 0.6 is 0 Å². The van der Waals surface area contributed by atoms with Crippen molar-refractivity contribution < 1.29 is 8.42 Å². The predicted molar refractivity (Wildman–Crippen MR) is 67.8 cm³/mol. The Kier molecular flexibility index (Phi) is 5.13. The van der Waals surface area contributed by atoms with E-state index >= 15 is 0 Å². The summed E-state index contributed by atoms with van der Waals surface area (Å²) in [5.41, 5.74) is 0.944. The molecule has 4 nitrogen and oxygen atoms in total. The van der Waals surface area contributed by atoms with Crippen molar-refractivity contribution in [2.24, 2.45) is 0 Å². The van der Waals surface area contributed by atoms with Crippen molar-refractivity contribution in [3.05, 3.63) is 30.1 Å². The molecule has 0 bridgehead atoms. The second-order valence-corrected chi connectivity index (χ2v) is 5.54. The minimum absolute atomic E-state index is 0.0369. The van der Waals surface area contributed by atoms with E-state index in [2.05, 4.69) is 15.6 Å². The molecule has 0 aliphatic heterocycles. The highest BCUT2D eigenvalue weighted by molar-refractivity contribution is 7.89. The van der Waals surface area contributed by atoms with E-state index in [1.165, 1.54) is 0 Å². The molecule has 0 saturated heterocycles. The van der Waals surface area contributed by atoms with Gasteiger partial charge in [0.1, 0.15) is 0 Å². The quantitative estimate of drug-likeness (QED) is 0.767. The minimum Gasteiger partial charge on any atom is -0.265 e. The van der Waals surface area contributed by atoms with E-state index in [0.29, 0.717) is 12.8 Å². The molecule has 1 unspecified atom stereocenters. The van der Waals surface area contributed by atoms with Gasteiger partial charge in [0.2, 0.25) is 10.0 Å². The summed E-state index contributed by atoms with van der Waals surface area (Å²) >= 11 is 0. The Morgan fingerprint density at radius 3 is 2.65 bits per heavy atom. The molecule has 1 atom stereocenters. The highest BCUT2D eigenvalue weighted by Gasteiger charge is 2.14. The lowest BCUT2D eigenvalue weighted by atomic mass is 10.2. The fourth-order valence-corrected chi connectivity index (χ4v) is 2.60. The van der Waals surface area contributed by atoms with E-state index in [0.717, 1.165) is 5.56 Å². The summed E-state index contributed by atoms with van der Waals surface area (Å²) in [6.45, 7) is 1.84. The fourth-order valence-electron chi connectivity index (χ4n) is 1.31. The molecule has 0 saturated carbocycles. The molecule has 0 aliphatic carbocycles. The van der Waals surface area contributed by atoms with Crippen molar-refractivity contribution in [3.8, 4) is 12.3 Å². The number of pyridine rings is 1. The van der Waals surface area contributed by atoms with Gasteiger partial charge in [-0.05, 0) is 30.5 Å². The van der Waals surface area contributed by atoms with E-state index in [1.54, 1.807) is 24.5 Å². The third kappa shape index (κ3) is 4.98. The van der Waals surface area contributed by atoms with E-state index in [9.17, 15) is 8.42 Å². The van der Waals surface area contributed by atoms with Gasteiger partial charge in [-0.2, -0.15) is 0 Å². The molecule has 92 valence electrons. The zero-order valence-corrected chi connectivity index (χ0v) is 10.6. The molecule has 1 aromatic heterocycles. The SMILES string of the molecule is C#CC(CC)NS(=O)(=O)CCc1ccncc1. The topological polar surface area (TPSA) is 59.1 Å². The largest absolute Gasteiger partial charge is 0.265 e. The first-order valence-electron chi connectivity index (χ1n) is 5.42. The Labute approximate surface area is 103 Å². The summed E-state index contributed by atoms with van der Waals surface area (Å²) in [7, 11) is -3.32. The molecule has 1 heterocycles. The monoisotopic (exact) mass is 252 g/mol. The average Bonchev–Trinajstić information content (AvgIpc) is 2.35. The number of terminal acetylenes is 1. The van der Waals surface area contributed by atoms with Gasteiger partial charge in [-0.1, -0.05) is 12.8 Å². The first-order chi connectivity index (χ1) is 8.07. The zero-order chi connectivity index (χ0) is 12.7. The number of nitrogens with zero attached hydrogens (tertiary/aromatic N) is 1. The molecule has 1 rings (SSSR count). The normalized spacial score (nSPS) is 12.9. The van der Waals surface area contributed by atoms with Crippen molar-refractivity contribution in [2.45, 2.75) is 25.8 Å². The Bertz CT molecular complexity index is 477. The van der Waals surface area contributed by atoms with E-state index in [-0.39, 0.29) is 5.75 Å². The lowest BCUT2D eigenvalue weighted by Crippen LogP contribution is -2.35. The molecular formula is C12H16N2O2S. The van der Waals surface area contributed by atoms with Gasteiger partial charge < -0.3 is 0 Å². The van der Waals surface area contributed by atoms with Gasteiger partial charge >= 0.3 is 0 Å². The number of aryl methyl sites for hydroxylation is 1. The van der Waals surface area contributed by atoms with Gasteiger partial charge in [0.15, 0.2) is 0 Å². The number of hydrogen-bond acceptors (Lipinski definition) is 3. The Morgan fingerprint density at radius 2 is 2.12 bits per heavy atom. The van der Waals surface area contributed by atoms with Crippen LogP contribution in [0.5, 0.6) is 0 Å². The van der Waals surface area contributed by atoms with E-state index in [4.69, 9.17) is 6.42 Å². The van der Waals surface area contributed by atoms with Crippen molar-refractivity contribution >= 4 is 10.0 Å². The predicted octanol–water partition coefficient (Wildman–Crippen LogP) is 0.955. The summed E-state index contributed by atoms with van der Waals surface area (Å²) < 4.78 is 25.9. The molecule has 1 N–H and O–H groups in total. The maximum atomic E-state index is 11.7. The van der Waals surface area contributed by atoms with Crippen LogP contribution in [-0.4, -0.2) is 25.2 Å². The second-order valence-electron chi connectivity index (χ2n) is 3.67. The van der Waals surface area contributed by atoms with Crippen LogP contribution < -0.4 is 4.72 Å². The van der Waals surface area contributed by atoms with Gasteiger partial charge in [-0.3, -0.25) is 4.98 Å². The van der Waals surface area contributed by atoms with Crippen molar-refractivity contribution in [2.75, 3.05) is 5.75 Å². The van der Waals surface area contributed by atoms with Crippen molar-refractivity contribution in [1.29, 1.82) is 0 Å². The molecule has 1 aromatic rings. The smallest absolute Gasteiger partial charge is 0.213 e. The Balaban J connectivity index is 2.54. The summed E-state index contributed by atoms with van der Waals surface area (Å²) in [5.74, 6) is 2.44. The third-order valence-electron chi connectivity index (χ3n) is 2.34. The fraction of sp³-hybridized carbons (Fsp3) is 0.417. The number of aromatic nitrogens is 1. The molecule has 17 heavy (non-hydrogen) atoms. The first kappa shape index (κ1) is 13.7. The van der Waals surface area contributed by atoms with Gasteiger partial charge in [0.25, 0.3) is 0 Å². The lowest BCUT2D eigenvalue weighted by molar-refractivity contribution is 0.570. The molecule has 0 aromatic carbocycles. The maximum Gasteiger partial charge on any atom is 0.213 e. The number of rotatable bonds is 6. The number of sulfonamides is 1. The maximum absolute atomic E-state index is 11.7. The number of nitrogens with one attached hydrogen (secondary N) is 1. The van der Waals surface area contributed by atoms with Crippen LogP contribution in [0.1, 0.15) is 18.9 Å². The molecule has 0 spiro atoms. The Hall–Kier alpha value is -1.38. The summed E-state index contributed by atoms with van der Waals surface area (Å²) in [6.07, 6.45) is 9.55. The molecule has 5 heteroatoms. The molecular weight excluding hydrogens is 236 g/mol. The highest BCUT2D eigenvalue weighted by Crippen LogP contribution is 2.01. The van der Waals surface area contributed by atoms with E-state index < -0.39 is 16.1 Å². The van der Waals surface area contributed by atoms with Crippen LogP contribution in [0.2, 0.25) is 0 Å². The molecule has 0 amide bonds. The van der Waals surface area contributed by atoms with Crippen LogP contribution in [0, 0.1) is 12.3 Å². The minimum atomic E-state index is -3.32. The molecule has 0 aliphatic rings. The van der Waals surface area contributed by atoms with Crippen LogP contribution in [0.4, 0.5) is 0 Å². The second kappa shape index (κ2) is 6.38. The number of hydrogen-bond donors (Lipinski definition) is 1. The summed E-state index contributed by atoms with van der Waals surface area (Å²) in [5, 5.41) is 0. The van der Waals surface area contributed by atoms with Gasteiger partial charge in [0, 0.05) is 12.4 Å². The van der Waals surface area contributed by atoms with Crippen LogP contribution in [0.3, 0.4) is 0 Å². The van der Waals surface area contributed by atoms with Gasteiger partial charge in [-0.25, -0.2) is 13.1 Å². The van der Waals surface area contributed by atoms with Gasteiger partial charge in [-0.15, -0.1) is 6.42 Å². The standard InChI is InChI=1S/C12H16N2O2S/c1-3-12(4-2)14-17(15,16)10-7-11-5-8-13-9-6-11/h1,5-6,8-9,12,14H,4,7,10H2,2H3. The van der Waals surface area contributed by atoms with E-state index in [1.807, 2.05) is 6.92 Å². The van der Waals surface area contributed by atoms with Crippen molar-refractivity contribution in [1.82, 2.24) is 9.71 Å². The zero-order valence-electron chi connectivity index (χ0n) is 9.76. The summed E-state index contributed by atoms with van der Waals surface area (Å²) in [6, 6.07) is 3.18. The highest BCUT2D eigenvalue weighted by atomic mass is 32.2. The van der Waals surface area contributed by atoms with Gasteiger partial charge in [0.05, 0.1) is 11.8 Å². The third-order valence-corrected chi connectivity index (χ3v) is 3.73. The molecule has 0 radical (unpaired) electrons. The van der Waals surface area contributed by atoms with Crippen molar-refractivity contribution in [3.63, 3.8) is 0 Å². The lowest BCUT2D eigenvalue weighted by Gasteiger charge is -2.11. The molecule has 0 fully saturated rings. The summed E-state index contributed by atoms with van der Waals surface area (Å²) in [4.78, 5) is 3.87. The average molecular weight is 252 g/mol. The first-order valence-corrected chi connectivity index (χ1v) is 7.07.